The van der Waals surface area contributed by atoms with Gasteiger partial charge in [-0.15, -0.1) is 0 Å². The summed E-state index contributed by atoms with van der Waals surface area (Å²) in [5, 5.41) is 2.48. The molecule has 80 heavy (non-hydrogen) atoms. The molecule has 0 aliphatic heterocycles. The molecule has 2 aliphatic rings. The van der Waals surface area contributed by atoms with Crippen LogP contribution in [-0.4, -0.2) is 0 Å². The van der Waals surface area contributed by atoms with E-state index in [4.69, 9.17) is 0 Å². The maximum Gasteiger partial charge on any atom is 0.0726 e. The predicted octanol–water partition coefficient (Wildman–Crippen LogP) is 21.6. The van der Waals surface area contributed by atoms with Gasteiger partial charge in [-0.2, -0.15) is 0 Å². The summed E-state index contributed by atoms with van der Waals surface area (Å²) < 4.78 is 0. The fourth-order valence-electron chi connectivity index (χ4n) is 13.3. The van der Waals surface area contributed by atoms with Gasteiger partial charge >= 0.3 is 0 Å². The average molecular weight is 1030 g/mol. The second kappa shape index (κ2) is 19.0. The minimum absolute atomic E-state index is 0.0515. The lowest BCUT2D eigenvalue weighted by Crippen LogP contribution is -2.27. The van der Waals surface area contributed by atoms with Crippen molar-refractivity contribution in [3.63, 3.8) is 0 Å². The van der Waals surface area contributed by atoms with Crippen LogP contribution in [0.25, 0.3) is 88.7 Å². The number of hydrogen-bond donors (Lipinski definition) is 0. The summed E-state index contributed by atoms with van der Waals surface area (Å²) >= 11 is 0. The SMILES string of the molecule is CC(C)(C)c1ccc2c(c1)C1(c3ccccc3-c3ccc(N(c4ccc(-c5cccc6cccc(-c7ccccc7)c56)cc4)c4ccccc4-c4ccccc4-c4ccccc4-c4ccccc4)cc31)c1cc(C(C)(C)C)ccc1-2. The Morgan fingerprint density at radius 1 is 0.263 bits per heavy atom. The van der Waals surface area contributed by atoms with E-state index in [1.165, 1.54) is 116 Å². The molecule has 0 saturated carbocycles. The zero-order valence-corrected chi connectivity index (χ0v) is 46.4. The number of nitrogens with zero attached hydrogens (tertiary/aromatic N) is 1. The van der Waals surface area contributed by atoms with E-state index in [0.29, 0.717) is 0 Å². The van der Waals surface area contributed by atoms with E-state index in [0.717, 1.165) is 22.6 Å². The molecule has 0 atom stereocenters. The van der Waals surface area contributed by atoms with Gasteiger partial charge in [-0.3, -0.25) is 0 Å². The number of anilines is 3. The molecule has 0 heterocycles. The van der Waals surface area contributed by atoms with Crippen molar-refractivity contribution in [2.75, 3.05) is 4.90 Å². The van der Waals surface area contributed by atoms with E-state index in [2.05, 4.69) is 319 Å². The van der Waals surface area contributed by atoms with Crippen LogP contribution < -0.4 is 4.90 Å². The molecule has 0 amide bonds. The third-order valence-corrected chi connectivity index (χ3v) is 17.2. The average Bonchev–Trinajstić information content (AvgIpc) is 4.11. The Balaban J connectivity index is 1.02. The molecule has 2 aliphatic carbocycles. The molecule has 0 N–H and O–H groups in total. The third kappa shape index (κ3) is 7.90. The van der Waals surface area contributed by atoms with Crippen molar-refractivity contribution in [2.24, 2.45) is 0 Å². The minimum Gasteiger partial charge on any atom is -0.310 e. The summed E-state index contributed by atoms with van der Waals surface area (Å²) in [7, 11) is 0. The Morgan fingerprint density at radius 2 is 0.650 bits per heavy atom. The summed E-state index contributed by atoms with van der Waals surface area (Å²) in [5.41, 5.74) is 27.8. The molecule has 0 bridgehead atoms. The molecule has 384 valence electrons. The minimum atomic E-state index is -0.567. The number of benzene rings is 12. The molecule has 1 nitrogen and oxygen atoms in total. The van der Waals surface area contributed by atoms with Crippen LogP contribution in [0.4, 0.5) is 17.1 Å². The first-order chi connectivity index (χ1) is 39.0. The molecule has 0 saturated heterocycles. The molecule has 14 rings (SSSR count). The van der Waals surface area contributed by atoms with E-state index in [9.17, 15) is 0 Å². The van der Waals surface area contributed by atoms with Gasteiger partial charge in [0.2, 0.25) is 0 Å². The maximum absolute atomic E-state index is 2.56. The number of para-hydroxylation sites is 1. The Bertz CT molecular complexity index is 4290. The highest BCUT2D eigenvalue weighted by Crippen LogP contribution is 2.64. The van der Waals surface area contributed by atoms with Crippen molar-refractivity contribution >= 4 is 27.8 Å². The van der Waals surface area contributed by atoms with E-state index in [-0.39, 0.29) is 10.8 Å². The van der Waals surface area contributed by atoms with Crippen LogP contribution in [0.3, 0.4) is 0 Å². The van der Waals surface area contributed by atoms with Crippen LogP contribution in [-0.2, 0) is 16.2 Å². The van der Waals surface area contributed by atoms with Crippen molar-refractivity contribution in [2.45, 2.75) is 57.8 Å². The molecular formula is C79H63N. The fourth-order valence-corrected chi connectivity index (χ4v) is 13.3. The third-order valence-electron chi connectivity index (χ3n) is 17.2. The first-order valence-corrected chi connectivity index (χ1v) is 28.3. The fraction of sp³-hybridized carbons (Fsp3) is 0.114. The largest absolute Gasteiger partial charge is 0.310 e. The van der Waals surface area contributed by atoms with Crippen LogP contribution in [0, 0.1) is 0 Å². The first kappa shape index (κ1) is 49.0. The van der Waals surface area contributed by atoms with E-state index < -0.39 is 5.41 Å². The Labute approximate surface area is 472 Å². The van der Waals surface area contributed by atoms with Crippen LogP contribution in [0.15, 0.2) is 273 Å². The smallest absolute Gasteiger partial charge is 0.0726 e. The lowest BCUT2D eigenvalue weighted by atomic mass is 9.68. The van der Waals surface area contributed by atoms with Gasteiger partial charge in [0, 0.05) is 16.9 Å². The highest BCUT2D eigenvalue weighted by atomic mass is 15.1. The topological polar surface area (TPSA) is 3.24 Å². The molecule has 0 aromatic heterocycles. The van der Waals surface area contributed by atoms with Gasteiger partial charge in [-0.25, -0.2) is 0 Å². The summed E-state index contributed by atoms with van der Waals surface area (Å²) in [6.07, 6.45) is 0. The van der Waals surface area contributed by atoms with Gasteiger partial charge in [-0.05, 0) is 158 Å². The standard InChI is InChI=1S/C79H63N/c1-77(2,3)56-41-46-67-68-47-42-57(78(4,5)6)50-73(68)79(72(67)49-56)71-37-19-17-33-66(71)69-48-45-59(51-74(69)79)80(58-43-39-54(40-44-58)62-36-22-28-55-27-21-35-61(76(55)62)53-25-11-8-12-26-53)75-38-20-18-34-70(75)65-32-16-15-31-64(65)63-30-14-13-29-60(63)52-23-9-7-10-24-52/h7-51H,1-6H3. The van der Waals surface area contributed by atoms with Crippen LogP contribution in [0.2, 0.25) is 0 Å². The molecule has 0 radical (unpaired) electrons. The zero-order valence-electron chi connectivity index (χ0n) is 46.4. The van der Waals surface area contributed by atoms with Gasteiger partial charge in [0.1, 0.15) is 0 Å². The highest BCUT2D eigenvalue weighted by Gasteiger charge is 2.52. The number of fused-ring (bicyclic) bond motifs is 11. The summed E-state index contributed by atoms with van der Waals surface area (Å²) in [6.45, 7) is 14.1. The van der Waals surface area contributed by atoms with Crippen LogP contribution in [0.1, 0.15) is 74.9 Å². The van der Waals surface area contributed by atoms with Gasteiger partial charge in [0.15, 0.2) is 0 Å². The van der Waals surface area contributed by atoms with E-state index >= 15 is 0 Å². The second-order valence-electron chi connectivity index (χ2n) is 24.0. The lowest BCUT2D eigenvalue weighted by molar-refractivity contribution is 0.586. The lowest BCUT2D eigenvalue weighted by Gasteiger charge is -2.34. The van der Waals surface area contributed by atoms with E-state index in [1.807, 2.05) is 0 Å². The van der Waals surface area contributed by atoms with Gasteiger partial charge in [0.25, 0.3) is 0 Å². The predicted molar refractivity (Wildman–Crippen MR) is 340 cm³/mol. The Kier molecular flexibility index (Phi) is 11.6. The molecule has 12 aromatic rings. The molecule has 1 spiro atoms. The Hall–Kier alpha value is -9.30. The Morgan fingerprint density at radius 3 is 1.21 bits per heavy atom. The number of rotatable bonds is 8. The zero-order chi connectivity index (χ0) is 54.3. The van der Waals surface area contributed by atoms with Crippen molar-refractivity contribution < 1.29 is 0 Å². The van der Waals surface area contributed by atoms with Crippen molar-refractivity contribution in [3.05, 3.63) is 306 Å². The molecule has 0 fully saturated rings. The van der Waals surface area contributed by atoms with Crippen molar-refractivity contribution in [1.82, 2.24) is 0 Å². The van der Waals surface area contributed by atoms with Crippen molar-refractivity contribution in [3.8, 4) is 77.9 Å². The maximum atomic E-state index is 2.56. The normalized spacial score (nSPS) is 13.0. The number of hydrogen-bond acceptors (Lipinski definition) is 1. The summed E-state index contributed by atoms with van der Waals surface area (Å²) in [5.74, 6) is 0. The second-order valence-corrected chi connectivity index (χ2v) is 24.0. The van der Waals surface area contributed by atoms with Gasteiger partial charge < -0.3 is 4.90 Å². The van der Waals surface area contributed by atoms with Gasteiger partial charge in [-0.1, -0.05) is 284 Å². The van der Waals surface area contributed by atoms with Crippen LogP contribution >= 0.6 is 0 Å². The first-order valence-electron chi connectivity index (χ1n) is 28.3. The molecular weight excluding hydrogens is 963 g/mol. The summed E-state index contributed by atoms with van der Waals surface area (Å²) in [6, 6.07) is 103. The highest BCUT2D eigenvalue weighted by molar-refractivity contribution is 6.07. The monoisotopic (exact) mass is 1030 g/mol. The quantitative estimate of drug-likeness (QED) is 0.147. The van der Waals surface area contributed by atoms with E-state index in [1.54, 1.807) is 0 Å². The molecule has 12 aromatic carbocycles. The van der Waals surface area contributed by atoms with Gasteiger partial charge in [0.05, 0.1) is 11.1 Å². The molecule has 0 unspecified atom stereocenters. The van der Waals surface area contributed by atoms with Crippen molar-refractivity contribution in [1.29, 1.82) is 0 Å². The summed E-state index contributed by atoms with van der Waals surface area (Å²) in [4.78, 5) is 2.53. The van der Waals surface area contributed by atoms with Crippen LogP contribution in [0.5, 0.6) is 0 Å². The molecule has 1 heteroatoms.